The molecule has 3 N–H and O–H groups in total. The molecule has 2 heterocycles. The molecule has 13 nitrogen and oxygen atoms in total. The van der Waals surface area contributed by atoms with E-state index in [9.17, 15) is 14.4 Å². The summed E-state index contributed by atoms with van der Waals surface area (Å²) in [7, 11) is 0. The minimum Gasteiger partial charge on any atom is -0.325 e. The van der Waals surface area contributed by atoms with Gasteiger partial charge in [-0.05, 0) is 101 Å². The fourth-order valence-electron chi connectivity index (χ4n) is 5.19. The number of anilines is 4. The van der Waals surface area contributed by atoms with Crippen molar-refractivity contribution in [3.8, 4) is 0 Å². The SMILES string of the molecule is CCN(CC)CCCSc1nc(Nc2ccc(N=NC(C(C)=O)C(=O)Nc3ccc4c(c3)NC(=O)C4)cc2)nc(SCCCN(CC)CC)n1. The number of carbonyl (C=O) groups is 3. The van der Waals surface area contributed by atoms with Gasteiger partial charge in [0.25, 0.3) is 5.91 Å². The normalized spacial score (nSPS) is 13.1. The number of amides is 2. The summed E-state index contributed by atoms with van der Waals surface area (Å²) in [6, 6.07) is 10.9. The molecule has 0 saturated carbocycles. The van der Waals surface area contributed by atoms with Gasteiger partial charge in [0.1, 0.15) is 0 Å². The summed E-state index contributed by atoms with van der Waals surface area (Å²) >= 11 is 3.28. The molecular weight excluding hydrogens is 673 g/mol. The first-order chi connectivity index (χ1) is 24.2. The second-order valence-corrected chi connectivity index (χ2v) is 13.8. The second-order valence-electron chi connectivity index (χ2n) is 11.7. The zero-order valence-electron chi connectivity index (χ0n) is 29.6. The third-order valence-electron chi connectivity index (χ3n) is 8.13. The largest absolute Gasteiger partial charge is 0.325 e. The second kappa shape index (κ2) is 20.1. The van der Waals surface area contributed by atoms with Crippen molar-refractivity contribution in [1.29, 1.82) is 0 Å². The zero-order valence-corrected chi connectivity index (χ0v) is 31.2. The van der Waals surface area contributed by atoms with E-state index in [1.807, 2.05) is 12.1 Å². The number of ketones is 1. The number of rotatable bonds is 21. The van der Waals surface area contributed by atoms with Crippen LogP contribution in [0.25, 0.3) is 0 Å². The van der Waals surface area contributed by atoms with Crippen LogP contribution in [-0.2, 0) is 20.8 Å². The van der Waals surface area contributed by atoms with Gasteiger partial charge in [-0.2, -0.15) is 25.2 Å². The Morgan fingerprint density at radius 2 is 1.44 bits per heavy atom. The lowest BCUT2D eigenvalue weighted by Gasteiger charge is -2.17. The minimum atomic E-state index is -1.33. The molecule has 0 radical (unpaired) electrons. The van der Waals surface area contributed by atoms with Gasteiger partial charge in [-0.1, -0.05) is 57.3 Å². The smallest absolute Gasteiger partial charge is 0.258 e. The Labute approximate surface area is 303 Å². The average Bonchev–Trinajstić information content (AvgIpc) is 3.48. The number of fused-ring (bicyclic) bond motifs is 1. The first-order valence-electron chi connectivity index (χ1n) is 17.2. The van der Waals surface area contributed by atoms with Gasteiger partial charge < -0.3 is 25.8 Å². The maximum absolute atomic E-state index is 12.9. The Kier molecular flexibility index (Phi) is 15.6. The van der Waals surface area contributed by atoms with Crippen LogP contribution in [0, 0.1) is 0 Å². The van der Waals surface area contributed by atoms with E-state index in [2.05, 4.69) is 63.7 Å². The predicted molar refractivity (Wildman–Crippen MR) is 202 cm³/mol. The number of nitrogens with one attached hydrogen (secondary N) is 3. The van der Waals surface area contributed by atoms with E-state index in [0.717, 1.165) is 74.9 Å². The van der Waals surface area contributed by atoms with E-state index < -0.39 is 17.7 Å². The van der Waals surface area contributed by atoms with Crippen molar-refractivity contribution in [3.63, 3.8) is 0 Å². The number of carbonyl (C=O) groups excluding carboxylic acids is 3. The number of azo groups is 1. The quantitative estimate of drug-likeness (QED) is 0.0482. The molecule has 1 aromatic heterocycles. The van der Waals surface area contributed by atoms with E-state index in [1.54, 1.807) is 53.9 Å². The summed E-state index contributed by atoms with van der Waals surface area (Å²) in [6.07, 6.45) is 2.39. The highest BCUT2D eigenvalue weighted by Gasteiger charge is 2.24. The number of hydrogen-bond donors (Lipinski definition) is 3. The summed E-state index contributed by atoms with van der Waals surface area (Å²) in [6.45, 7) is 16.3. The van der Waals surface area contributed by atoms with E-state index in [4.69, 9.17) is 15.0 Å². The summed E-state index contributed by atoms with van der Waals surface area (Å²) in [5.74, 6) is 1.13. The van der Waals surface area contributed by atoms with Gasteiger partial charge >= 0.3 is 0 Å². The monoisotopic (exact) mass is 720 g/mol. The van der Waals surface area contributed by atoms with Crippen LogP contribution >= 0.6 is 23.5 Å². The van der Waals surface area contributed by atoms with E-state index in [1.165, 1.54) is 6.92 Å². The van der Waals surface area contributed by atoms with Crippen molar-refractivity contribution < 1.29 is 14.4 Å². The van der Waals surface area contributed by atoms with Crippen LogP contribution in [0.4, 0.5) is 28.7 Å². The molecule has 1 atom stereocenters. The van der Waals surface area contributed by atoms with Crippen LogP contribution in [0.1, 0.15) is 53.0 Å². The molecule has 1 aliphatic rings. The Balaban J connectivity index is 1.39. The topological polar surface area (TPSA) is 157 Å². The molecular formula is C35H48N10O3S2. The van der Waals surface area contributed by atoms with Crippen LogP contribution in [-0.4, -0.2) is 99.2 Å². The first-order valence-corrected chi connectivity index (χ1v) is 19.2. The number of nitrogens with zero attached hydrogens (tertiary/aromatic N) is 7. The lowest BCUT2D eigenvalue weighted by molar-refractivity contribution is -0.126. The van der Waals surface area contributed by atoms with Gasteiger partial charge in [0, 0.05) is 28.6 Å². The van der Waals surface area contributed by atoms with Crippen LogP contribution < -0.4 is 16.0 Å². The van der Waals surface area contributed by atoms with Crippen LogP contribution in [0.2, 0.25) is 0 Å². The molecule has 4 rings (SSSR count). The maximum Gasteiger partial charge on any atom is 0.258 e. The van der Waals surface area contributed by atoms with Crippen molar-refractivity contribution in [2.75, 3.05) is 66.7 Å². The molecule has 2 aromatic carbocycles. The number of Topliss-reactive ketones (excluding diaryl/α,β-unsaturated/α-hetero) is 1. The highest BCUT2D eigenvalue weighted by atomic mass is 32.2. The molecule has 1 aliphatic heterocycles. The lowest BCUT2D eigenvalue weighted by atomic mass is 10.1. The Hall–Kier alpha value is -3.92. The highest BCUT2D eigenvalue weighted by molar-refractivity contribution is 7.99. The molecule has 50 heavy (non-hydrogen) atoms. The van der Waals surface area contributed by atoms with Gasteiger partial charge in [0.05, 0.1) is 12.1 Å². The number of aromatic nitrogens is 3. The Morgan fingerprint density at radius 1 is 0.860 bits per heavy atom. The van der Waals surface area contributed by atoms with Gasteiger partial charge in [0.15, 0.2) is 16.1 Å². The summed E-state index contributed by atoms with van der Waals surface area (Å²) in [5, 5.41) is 18.4. The average molecular weight is 721 g/mol. The van der Waals surface area contributed by atoms with Crippen LogP contribution in [0.3, 0.4) is 0 Å². The summed E-state index contributed by atoms with van der Waals surface area (Å²) < 4.78 is 0. The van der Waals surface area contributed by atoms with E-state index in [0.29, 0.717) is 39.7 Å². The van der Waals surface area contributed by atoms with E-state index in [-0.39, 0.29) is 5.91 Å². The maximum atomic E-state index is 12.9. The summed E-state index contributed by atoms with van der Waals surface area (Å²) in [4.78, 5) is 55.9. The molecule has 0 aliphatic carbocycles. The van der Waals surface area contributed by atoms with Crippen molar-refractivity contribution in [1.82, 2.24) is 24.8 Å². The molecule has 0 spiro atoms. The third kappa shape index (κ3) is 12.1. The minimum absolute atomic E-state index is 0.102. The van der Waals surface area contributed by atoms with Crippen molar-refractivity contribution in [3.05, 3.63) is 48.0 Å². The fourth-order valence-corrected chi connectivity index (χ4v) is 6.77. The lowest BCUT2D eigenvalue weighted by Crippen LogP contribution is -2.31. The Morgan fingerprint density at radius 3 is 2.00 bits per heavy atom. The summed E-state index contributed by atoms with van der Waals surface area (Å²) in [5.41, 5.74) is 3.16. The molecule has 2 amide bonds. The zero-order chi connectivity index (χ0) is 35.9. The molecule has 268 valence electrons. The fraction of sp³-hybridized carbons (Fsp3) is 0.486. The van der Waals surface area contributed by atoms with Crippen LogP contribution in [0.15, 0.2) is 63.0 Å². The van der Waals surface area contributed by atoms with E-state index >= 15 is 0 Å². The molecule has 0 fully saturated rings. The predicted octanol–water partition coefficient (Wildman–Crippen LogP) is 6.44. The molecule has 1 unspecified atom stereocenters. The standard InChI is InChI=1S/C35H48N10O3S2/c1-6-44(7-2)18-10-20-49-34-39-33(40-35(41-34)50-21-11-19-45(8-3)9-4)37-26-14-16-27(17-15-26)42-43-31(24(5)46)32(48)36-28-13-12-25-22-30(47)38-29(25)23-28/h12-17,23,31H,6-11,18-22H2,1-5H3,(H,36,48)(H,38,47)(H,37,39,40,41). The highest BCUT2D eigenvalue weighted by Crippen LogP contribution is 2.27. The van der Waals surface area contributed by atoms with Crippen molar-refractivity contribution >= 4 is 69.8 Å². The van der Waals surface area contributed by atoms with Gasteiger partial charge in [-0.15, -0.1) is 0 Å². The van der Waals surface area contributed by atoms with Gasteiger partial charge in [-0.25, -0.2) is 0 Å². The third-order valence-corrected chi connectivity index (χ3v) is 10.00. The van der Waals surface area contributed by atoms with Crippen molar-refractivity contribution in [2.24, 2.45) is 10.2 Å². The number of hydrogen-bond acceptors (Lipinski definition) is 13. The number of benzene rings is 2. The molecule has 3 aromatic rings. The molecule has 0 saturated heterocycles. The van der Waals surface area contributed by atoms with Crippen molar-refractivity contribution in [2.45, 2.75) is 70.2 Å². The van der Waals surface area contributed by atoms with Gasteiger partial charge in [0.2, 0.25) is 17.9 Å². The molecule has 15 heteroatoms. The number of thioether (sulfide) groups is 2. The first kappa shape index (κ1) is 38.9. The Bertz CT molecular complexity index is 1580. The van der Waals surface area contributed by atoms with Gasteiger partial charge in [-0.3, -0.25) is 14.4 Å². The van der Waals surface area contributed by atoms with Crippen LogP contribution in [0.5, 0.6) is 0 Å². The molecule has 0 bridgehead atoms.